The van der Waals surface area contributed by atoms with Gasteiger partial charge in [-0.2, -0.15) is 0 Å². The summed E-state index contributed by atoms with van der Waals surface area (Å²) in [4.78, 5) is 11.0. The molecule has 0 rings (SSSR count). The highest BCUT2D eigenvalue weighted by atomic mass is 28.2. The van der Waals surface area contributed by atoms with Gasteiger partial charge in [0, 0.05) is 18.3 Å². The molecule has 20 heavy (non-hydrogen) atoms. The molecule has 0 fully saturated rings. The lowest BCUT2D eigenvalue weighted by molar-refractivity contribution is -0.370. The molecule has 0 bridgehead atoms. The number of allylic oxidation sites excluding steroid dienone is 4. The van der Waals surface area contributed by atoms with Crippen molar-refractivity contribution in [3.05, 3.63) is 35.8 Å². The second-order valence-corrected chi connectivity index (χ2v) is 5.66. The van der Waals surface area contributed by atoms with Crippen LogP contribution in [-0.4, -0.2) is 15.7 Å². The monoisotopic (exact) mass is 300 g/mol. The first-order valence-electron chi connectivity index (χ1n) is 6.93. The minimum Gasteiger partial charge on any atom is -0.369 e. The highest BCUT2D eigenvalue weighted by Gasteiger charge is 2.28. The van der Waals surface area contributed by atoms with Crippen LogP contribution in [0.4, 0.5) is 0 Å². The highest BCUT2D eigenvalue weighted by Crippen LogP contribution is 2.12. The Kier molecular flexibility index (Phi) is 10.1. The highest BCUT2D eigenvalue weighted by molar-refractivity contribution is 6.34. The fourth-order valence-electron chi connectivity index (χ4n) is 1.33. The van der Waals surface area contributed by atoms with Crippen LogP contribution in [0, 0.1) is 0 Å². The van der Waals surface area contributed by atoms with Crippen LogP contribution >= 0.6 is 0 Å². The molecule has 116 valence electrons. The molecule has 0 unspecified atom stereocenters. The van der Waals surface area contributed by atoms with Crippen LogP contribution in [0.25, 0.3) is 0 Å². The number of rotatable bonds is 11. The van der Waals surface area contributed by atoms with Crippen molar-refractivity contribution >= 4 is 9.76 Å². The zero-order valence-corrected chi connectivity index (χ0v) is 14.7. The normalized spacial score (nSPS) is 16.2. The maximum absolute atomic E-state index is 5.63. The van der Waals surface area contributed by atoms with Gasteiger partial charge in [-0.3, -0.25) is 11.0 Å². The number of nitrogens with one attached hydrogen (secondary N) is 2. The van der Waals surface area contributed by atoms with Crippen LogP contribution < -0.4 is 11.0 Å². The Morgan fingerprint density at radius 2 is 1.55 bits per heavy atom. The summed E-state index contributed by atoms with van der Waals surface area (Å²) in [6, 6.07) is 0. The molecule has 0 aromatic rings. The molecule has 0 aliphatic carbocycles. The summed E-state index contributed by atoms with van der Waals surface area (Å²) in [7, 11) is -0.900. The van der Waals surface area contributed by atoms with E-state index in [0.717, 1.165) is 24.2 Å². The van der Waals surface area contributed by atoms with Crippen molar-refractivity contribution in [3.63, 3.8) is 0 Å². The second kappa shape index (κ2) is 10.7. The molecule has 0 amide bonds. The van der Waals surface area contributed by atoms with Crippen LogP contribution in [0.1, 0.15) is 47.5 Å². The first kappa shape index (κ1) is 18.9. The molecule has 6 heteroatoms. The first-order chi connectivity index (χ1) is 9.47. The summed E-state index contributed by atoms with van der Waals surface area (Å²) >= 11 is 0. The van der Waals surface area contributed by atoms with Gasteiger partial charge < -0.3 is 4.43 Å². The number of hydroxylamine groups is 2. The van der Waals surface area contributed by atoms with Crippen molar-refractivity contribution in [2.45, 2.75) is 53.4 Å². The van der Waals surface area contributed by atoms with E-state index in [2.05, 4.69) is 31.4 Å². The first-order valence-corrected chi connectivity index (χ1v) is 8.33. The largest absolute Gasteiger partial charge is 0.369 e. The lowest BCUT2D eigenvalue weighted by Crippen LogP contribution is -2.44. The molecular weight excluding hydrogens is 272 g/mol. The lowest BCUT2D eigenvalue weighted by atomic mass is 10.4. The molecule has 0 aromatic heterocycles. The van der Waals surface area contributed by atoms with Crippen molar-refractivity contribution < 1.29 is 14.1 Å². The maximum atomic E-state index is 5.63. The van der Waals surface area contributed by atoms with Gasteiger partial charge in [0.2, 0.25) is 0 Å². The summed E-state index contributed by atoms with van der Waals surface area (Å²) in [5, 5.41) is 0. The zero-order valence-electron chi connectivity index (χ0n) is 13.3. The van der Waals surface area contributed by atoms with Crippen molar-refractivity contribution in [1.82, 2.24) is 11.0 Å². The molecule has 5 nitrogen and oxygen atoms in total. The van der Waals surface area contributed by atoms with E-state index in [0.29, 0.717) is 0 Å². The summed E-state index contributed by atoms with van der Waals surface area (Å²) in [6.45, 7) is 13.3. The third-order valence-corrected chi connectivity index (χ3v) is 3.21. The van der Waals surface area contributed by atoms with E-state index in [1.165, 1.54) is 0 Å². The van der Waals surface area contributed by atoms with Crippen molar-refractivity contribution in [2.24, 2.45) is 0 Å². The van der Waals surface area contributed by atoms with E-state index in [1.54, 1.807) is 12.6 Å². The Balaban J connectivity index is 4.52. The average Bonchev–Trinajstić information content (AvgIpc) is 2.42. The Bertz CT molecular complexity index is 319. The Labute approximate surface area is 124 Å². The molecular formula is C14H28N2O3Si. The topological polar surface area (TPSA) is 51.8 Å². The fraction of sp³-hybridized carbons (Fsp3) is 0.571. The average molecular weight is 300 g/mol. The standard InChI is InChI=1S/C14H28N2O3Si/c1-7-10-12(4)15-17-14(6,19-20-9-3)18-16-13(5)11-8-2/h9-11,15-16H,3,7-8,20H2,1-2,4-6H3. The van der Waals surface area contributed by atoms with Gasteiger partial charge in [0.05, 0.1) is 0 Å². The van der Waals surface area contributed by atoms with Crippen LogP contribution in [0.5, 0.6) is 0 Å². The fourth-order valence-corrected chi connectivity index (χ4v) is 1.87. The van der Waals surface area contributed by atoms with Crippen LogP contribution in [0.2, 0.25) is 0 Å². The van der Waals surface area contributed by atoms with E-state index < -0.39 is 15.7 Å². The molecule has 0 radical (unpaired) electrons. The minimum absolute atomic E-state index is 0.900. The van der Waals surface area contributed by atoms with E-state index in [9.17, 15) is 0 Å². The molecule has 0 saturated carbocycles. The molecule has 0 saturated heterocycles. The molecule has 2 N–H and O–H groups in total. The SMILES string of the molecule is C=C[SiH2]OC(C)(ONC(C)=CCC)ONC(C)=CCC. The van der Waals surface area contributed by atoms with Gasteiger partial charge in [-0.25, -0.2) is 9.68 Å². The van der Waals surface area contributed by atoms with Crippen molar-refractivity contribution in [3.8, 4) is 0 Å². The minimum atomic E-state index is -1.20. The third kappa shape index (κ3) is 8.92. The predicted molar refractivity (Wildman–Crippen MR) is 84.8 cm³/mol. The van der Waals surface area contributed by atoms with Crippen LogP contribution in [-0.2, 0) is 14.1 Å². The summed E-state index contributed by atoms with van der Waals surface area (Å²) in [5.74, 6) is -1.20. The van der Waals surface area contributed by atoms with E-state index in [1.807, 2.05) is 26.0 Å². The van der Waals surface area contributed by atoms with Gasteiger partial charge in [0.25, 0.3) is 0 Å². The van der Waals surface area contributed by atoms with Gasteiger partial charge >= 0.3 is 5.97 Å². The van der Waals surface area contributed by atoms with Gasteiger partial charge in [-0.1, -0.05) is 31.7 Å². The quantitative estimate of drug-likeness (QED) is 0.349. The molecule has 0 aliphatic heterocycles. The molecule has 0 spiro atoms. The van der Waals surface area contributed by atoms with Crippen LogP contribution in [0.15, 0.2) is 35.8 Å². The van der Waals surface area contributed by atoms with Gasteiger partial charge in [0.1, 0.15) is 0 Å². The van der Waals surface area contributed by atoms with E-state index >= 15 is 0 Å². The van der Waals surface area contributed by atoms with Crippen LogP contribution in [0.3, 0.4) is 0 Å². The predicted octanol–water partition coefficient (Wildman–Crippen LogP) is 2.57. The van der Waals surface area contributed by atoms with Gasteiger partial charge in [0.15, 0.2) is 9.76 Å². The molecule has 0 heterocycles. The van der Waals surface area contributed by atoms with E-state index in [-0.39, 0.29) is 0 Å². The Hall–Kier alpha value is -1.08. The second-order valence-electron chi connectivity index (χ2n) is 4.46. The molecule has 0 aliphatic rings. The van der Waals surface area contributed by atoms with Crippen molar-refractivity contribution in [1.29, 1.82) is 0 Å². The van der Waals surface area contributed by atoms with Gasteiger partial charge in [-0.05, 0) is 26.7 Å². The lowest BCUT2D eigenvalue weighted by Gasteiger charge is -2.29. The molecule has 0 atom stereocenters. The zero-order chi connectivity index (χ0) is 15.4. The Morgan fingerprint density at radius 3 is 1.90 bits per heavy atom. The number of hydrogen-bond acceptors (Lipinski definition) is 5. The van der Waals surface area contributed by atoms with E-state index in [4.69, 9.17) is 14.1 Å². The summed E-state index contributed by atoms with van der Waals surface area (Å²) < 4.78 is 5.63. The third-order valence-electron chi connectivity index (χ3n) is 2.28. The number of hydrogen-bond donors (Lipinski definition) is 2. The smallest absolute Gasteiger partial charge is 0.313 e. The molecule has 0 aromatic carbocycles. The Morgan fingerprint density at radius 1 is 1.10 bits per heavy atom. The van der Waals surface area contributed by atoms with Gasteiger partial charge in [-0.15, -0.1) is 6.58 Å². The van der Waals surface area contributed by atoms with Crippen molar-refractivity contribution in [2.75, 3.05) is 0 Å². The summed E-state index contributed by atoms with van der Waals surface area (Å²) in [5.41, 5.74) is 9.25. The maximum Gasteiger partial charge on any atom is 0.313 e. The summed E-state index contributed by atoms with van der Waals surface area (Å²) in [6.07, 6.45) is 5.89.